The Morgan fingerprint density at radius 1 is 1.11 bits per heavy atom. The molecule has 1 aliphatic heterocycles. The van der Waals surface area contributed by atoms with E-state index in [-0.39, 0.29) is 17.9 Å². The van der Waals surface area contributed by atoms with Gasteiger partial charge < -0.3 is 24.0 Å². The summed E-state index contributed by atoms with van der Waals surface area (Å²) in [7, 11) is 3.23. The summed E-state index contributed by atoms with van der Waals surface area (Å²) in [4.78, 5) is 31.0. The minimum Gasteiger partial charge on any atom is -0.481 e. The van der Waals surface area contributed by atoms with Crippen molar-refractivity contribution in [1.82, 2.24) is 14.5 Å². The van der Waals surface area contributed by atoms with Crippen LogP contribution in [0.25, 0.3) is 11.0 Å². The maximum atomic E-state index is 12.3. The lowest BCUT2D eigenvalue weighted by Crippen LogP contribution is -2.35. The predicted octanol–water partition coefficient (Wildman–Crippen LogP) is 5.11. The zero-order valence-electron chi connectivity index (χ0n) is 21.6. The molecular formula is C28H39N3O5. The minimum absolute atomic E-state index is 0.146. The molecule has 0 saturated heterocycles. The molecule has 0 radical (unpaired) electrons. The monoisotopic (exact) mass is 497 g/mol. The highest BCUT2D eigenvalue weighted by Crippen LogP contribution is 2.39. The molecule has 8 nitrogen and oxygen atoms in total. The molecule has 1 amide bonds. The number of methoxy groups -OCH3 is 2. The molecule has 0 bridgehead atoms. The maximum absolute atomic E-state index is 12.3. The van der Waals surface area contributed by atoms with E-state index >= 15 is 0 Å². The summed E-state index contributed by atoms with van der Waals surface area (Å²) in [5.74, 6) is 0.859. The number of ether oxygens (including phenoxy) is 2. The fourth-order valence-corrected chi connectivity index (χ4v) is 6.69. The average Bonchev–Trinajstić information content (AvgIpc) is 3.30. The Kier molecular flexibility index (Phi) is 7.51. The van der Waals surface area contributed by atoms with Crippen LogP contribution < -0.4 is 0 Å². The van der Waals surface area contributed by atoms with Gasteiger partial charge in [-0.25, -0.2) is 9.78 Å². The van der Waals surface area contributed by atoms with Gasteiger partial charge in [-0.05, 0) is 75.3 Å². The molecule has 36 heavy (non-hydrogen) atoms. The quantitative estimate of drug-likeness (QED) is 0.596. The molecule has 1 aromatic carbocycles. The van der Waals surface area contributed by atoms with E-state index in [2.05, 4.69) is 16.7 Å². The van der Waals surface area contributed by atoms with Crippen molar-refractivity contribution in [2.45, 2.75) is 89.3 Å². The normalized spacial score (nSPS) is 26.6. The van der Waals surface area contributed by atoms with E-state index in [1.165, 1.54) is 25.5 Å². The molecule has 2 saturated carbocycles. The molecule has 2 fully saturated rings. The molecule has 5 rings (SSSR count). The van der Waals surface area contributed by atoms with Gasteiger partial charge in [-0.1, -0.05) is 12.5 Å². The van der Waals surface area contributed by atoms with Gasteiger partial charge in [0.25, 0.3) is 0 Å². The van der Waals surface area contributed by atoms with Crippen LogP contribution in [0.3, 0.4) is 0 Å². The average molecular weight is 498 g/mol. The van der Waals surface area contributed by atoms with Gasteiger partial charge in [-0.3, -0.25) is 4.79 Å². The number of carboxylic acid groups (broad SMARTS) is 1. The number of amides is 1. The van der Waals surface area contributed by atoms with Crippen molar-refractivity contribution >= 4 is 23.1 Å². The third kappa shape index (κ3) is 4.97. The van der Waals surface area contributed by atoms with Gasteiger partial charge in [0.1, 0.15) is 5.82 Å². The second-order valence-corrected chi connectivity index (χ2v) is 10.9. The number of aromatic nitrogens is 2. The third-order valence-corrected chi connectivity index (χ3v) is 8.86. The van der Waals surface area contributed by atoms with Gasteiger partial charge in [0.05, 0.1) is 36.7 Å². The number of benzene rings is 1. The van der Waals surface area contributed by atoms with E-state index in [4.69, 9.17) is 14.5 Å². The molecule has 8 heteroatoms. The van der Waals surface area contributed by atoms with Crippen molar-refractivity contribution in [1.29, 1.82) is 0 Å². The van der Waals surface area contributed by atoms with Crippen molar-refractivity contribution in [2.75, 3.05) is 20.8 Å². The molecule has 0 unspecified atom stereocenters. The van der Waals surface area contributed by atoms with E-state index in [1.54, 1.807) is 4.90 Å². The van der Waals surface area contributed by atoms with E-state index in [1.807, 2.05) is 7.11 Å². The van der Waals surface area contributed by atoms with Crippen molar-refractivity contribution in [3.05, 3.63) is 29.1 Å². The smallest absolute Gasteiger partial charge is 0.409 e. The lowest BCUT2D eigenvalue weighted by atomic mass is 9.81. The number of imidazole rings is 1. The second kappa shape index (κ2) is 10.8. The minimum atomic E-state index is -0.691. The Morgan fingerprint density at radius 2 is 1.92 bits per heavy atom. The summed E-state index contributed by atoms with van der Waals surface area (Å²) in [5, 5.41) is 9.70. The molecule has 1 aromatic heterocycles. The lowest BCUT2D eigenvalue weighted by molar-refractivity contribution is -0.143. The molecule has 1 N–H and O–H groups in total. The zero-order valence-corrected chi connectivity index (χ0v) is 21.6. The Bertz CT molecular complexity index is 1100. The number of hydrogen-bond acceptors (Lipinski definition) is 5. The van der Waals surface area contributed by atoms with Gasteiger partial charge in [-0.15, -0.1) is 0 Å². The number of aryl methyl sites for hydroxylation is 1. The number of nitrogens with zero attached hydrogens (tertiary/aromatic N) is 3. The number of rotatable bonds is 6. The highest BCUT2D eigenvalue weighted by molar-refractivity contribution is 5.82. The van der Waals surface area contributed by atoms with Crippen LogP contribution in [0, 0.1) is 11.8 Å². The second-order valence-electron chi connectivity index (χ2n) is 10.9. The summed E-state index contributed by atoms with van der Waals surface area (Å²) in [5.41, 5.74) is 4.43. The number of carboxylic acids is 1. The fourth-order valence-electron chi connectivity index (χ4n) is 6.69. The van der Waals surface area contributed by atoms with Gasteiger partial charge in [-0.2, -0.15) is 0 Å². The SMILES string of the molecule is COC(=O)N1CCc2ccc3c(nc([C@@H]4CCC[C@@H](C(=O)O)C4)n3CC[C@H]3CC[C@H](OC)CC3)c2C1. The molecule has 2 heterocycles. The van der Waals surface area contributed by atoms with Crippen LogP contribution in [0.2, 0.25) is 0 Å². The van der Waals surface area contributed by atoms with Crippen molar-refractivity contribution in [3.8, 4) is 0 Å². The maximum Gasteiger partial charge on any atom is 0.409 e. The van der Waals surface area contributed by atoms with Crippen LogP contribution in [0.4, 0.5) is 4.79 Å². The van der Waals surface area contributed by atoms with Gasteiger partial charge >= 0.3 is 12.1 Å². The number of carbonyl (C=O) groups is 2. The highest BCUT2D eigenvalue weighted by atomic mass is 16.5. The van der Waals surface area contributed by atoms with E-state index in [9.17, 15) is 14.7 Å². The summed E-state index contributed by atoms with van der Waals surface area (Å²) in [6, 6.07) is 4.39. The first-order valence-electron chi connectivity index (χ1n) is 13.6. The van der Waals surface area contributed by atoms with Crippen LogP contribution in [0.5, 0.6) is 0 Å². The largest absolute Gasteiger partial charge is 0.481 e. The Morgan fingerprint density at radius 3 is 2.64 bits per heavy atom. The van der Waals surface area contributed by atoms with Gasteiger partial charge in [0.2, 0.25) is 0 Å². The summed E-state index contributed by atoms with van der Waals surface area (Å²) < 4.78 is 12.9. The van der Waals surface area contributed by atoms with Gasteiger partial charge in [0, 0.05) is 31.7 Å². The van der Waals surface area contributed by atoms with Crippen LogP contribution in [-0.2, 0) is 33.8 Å². The van der Waals surface area contributed by atoms with Crippen LogP contribution >= 0.6 is 0 Å². The molecule has 2 atom stereocenters. The first-order chi connectivity index (χ1) is 17.5. The molecular weight excluding hydrogens is 458 g/mol. The van der Waals surface area contributed by atoms with E-state index < -0.39 is 5.97 Å². The summed E-state index contributed by atoms with van der Waals surface area (Å²) in [6.45, 7) is 2.03. The standard InChI is InChI=1S/C28H39N3O5/c1-35-22-9-6-18(7-10-22)12-15-31-24-11-8-19-13-14-30(28(34)36-2)17-23(19)25(24)29-26(31)20-4-3-5-21(16-20)27(32)33/h8,11,18,20-22H,3-7,9-10,12-17H2,1-2H3,(H,32,33)/t18-,20-,21-,22-/m1/s1. The van der Waals surface area contributed by atoms with Crippen LogP contribution in [-0.4, -0.2) is 58.5 Å². The Hall–Kier alpha value is -2.61. The lowest BCUT2D eigenvalue weighted by Gasteiger charge is -2.29. The van der Waals surface area contributed by atoms with Crippen molar-refractivity contribution in [3.63, 3.8) is 0 Å². The topological polar surface area (TPSA) is 93.9 Å². The molecule has 0 spiro atoms. The summed E-state index contributed by atoms with van der Waals surface area (Å²) in [6.07, 6.45) is 9.88. The van der Waals surface area contributed by atoms with Crippen molar-refractivity contribution in [2.24, 2.45) is 11.8 Å². The highest BCUT2D eigenvalue weighted by Gasteiger charge is 2.33. The molecule has 3 aliphatic rings. The van der Waals surface area contributed by atoms with E-state index in [0.29, 0.717) is 31.5 Å². The third-order valence-electron chi connectivity index (χ3n) is 8.86. The fraction of sp³-hybridized carbons (Fsp3) is 0.679. The van der Waals surface area contributed by atoms with Crippen LogP contribution in [0.15, 0.2) is 12.1 Å². The first-order valence-corrected chi connectivity index (χ1v) is 13.6. The Labute approximate surface area is 213 Å². The number of fused-ring (bicyclic) bond motifs is 3. The summed E-state index contributed by atoms with van der Waals surface area (Å²) >= 11 is 0. The van der Waals surface area contributed by atoms with Crippen molar-refractivity contribution < 1.29 is 24.2 Å². The molecule has 196 valence electrons. The molecule has 2 aromatic rings. The van der Waals surface area contributed by atoms with E-state index in [0.717, 1.165) is 73.9 Å². The number of hydrogen-bond donors (Lipinski definition) is 1. The predicted molar refractivity (Wildman–Crippen MR) is 136 cm³/mol. The Balaban J connectivity index is 1.47. The van der Waals surface area contributed by atoms with Crippen LogP contribution in [0.1, 0.15) is 80.7 Å². The number of carbonyl (C=O) groups excluding carboxylic acids is 1. The van der Waals surface area contributed by atoms with Gasteiger partial charge in [0.15, 0.2) is 0 Å². The first kappa shape index (κ1) is 25.1. The zero-order chi connectivity index (χ0) is 25.2. The molecule has 2 aliphatic carbocycles. The number of aliphatic carboxylic acids is 1.